The highest BCUT2D eigenvalue weighted by Crippen LogP contribution is 2.20. The van der Waals surface area contributed by atoms with Crippen molar-refractivity contribution < 1.29 is 13.2 Å². The molecule has 0 saturated heterocycles. The standard InChI is InChI=1S/C15H19N5O3S/c1-11(21)17-12-5-4-6-13(9-12)18-14-7-8-15(16-10-14)19-24(22,23)20(2)3/h4-10,18H,1-3H3,(H,16,19)(H,17,21). The van der Waals surface area contributed by atoms with Gasteiger partial charge >= 0.3 is 10.2 Å². The van der Waals surface area contributed by atoms with E-state index in [1.54, 1.807) is 30.3 Å². The van der Waals surface area contributed by atoms with Gasteiger partial charge in [0.25, 0.3) is 0 Å². The van der Waals surface area contributed by atoms with Crippen LogP contribution in [0, 0.1) is 0 Å². The predicted molar refractivity (Wildman–Crippen MR) is 94.5 cm³/mol. The van der Waals surface area contributed by atoms with Crippen LogP contribution in [0.4, 0.5) is 22.9 Å². The number of hydrogen-bond acceptors (Lipinski definition) is 5. The molecule has 9 heteroatoms. The predicted octanol–water partition coefficient (Wildman–Crippen LogP) is 2.00. The van der Waals surface area contributed by atoms with Crippen LogP contribution in [0.1, 0.15) is 6.92 Å². The Bertz CT molecular complexity index is 819. The molecule has 1 aromatic heterocycles. The van der Waals surface area contributed by atoms with Gasteiger partial charge in [-0.05, 0) is 30.3 Å². The molecule has 0 saturated carbocycles. The van der Waals surface area contributed by atoms with Crippen molar-refractivity contribution in [1.29, 1.82) is 0 Å². The van der Waals surface area contributed by atoms with Crippen LogP contribution >= 0.6 is 0 Å². The highest BCUT2D eigenvalue weighted by molar-refractivity contribution is 7.90. The van der Waals surface area contributed by atoms with E-state index in [-0.39, 0.29) is 11.7 Å². The van der Waals surface area contributed by atoms with E-state index < -0.39 is 10.2 Å². The minimum Gasteiger partial charge on any atom is -0.354 e. The minimum absolute atomic E-state index is 0.147. The van der Waals surface area contributed by atoms with Crippen LogP contribution in [-0.4, -0.2) is 37.7 Å². The number of nitrogens with zero attached hydrogens (tertiary/aromatic N) is 2. The van der Waals surface area contributed by atoms with Crippen LogP contribution < -0.4 is 15.4 Å². The highest BCUT2D eigenvalue weighted by atomic mass is 32.2. The third-order valence-electron chi connectivity index (χ3n) is 2.95. The summed E-state index contributed by atoms with van der Waals surface area (Å²) in [7, 11) is -0.718. The molecule has 2 aromatic rings. The summed E-state index contributed by atoms with van der Waals surface area (Å²) < 4.78 is 26.9. The fourth-order valence-electron chi connectivity index (χ4n) is 1.80. The first-order valence-corrected chi connectivity index (χ1v) is 8.51. The first-order valence-electron chi connectivity index (χ1n) is 7.07. The van der Waals surface area contributed by atoms with Crippen molar-refractivity contribution in [1.82, 2.24) is 9.29 Å². The largest absolute Gasteiger partial charge is 0.354 e. The van der Waals surface area contributed by atoms with Gasteiger partial charge in [-0.25, -0.2) is 4.98 Å². The van der Waals surface area contributed by atoms with E-state index in [0.717, 1.165) is 9.99 Å². The Morgan fingerprint density at radius 3 is 2.38 bits per heavy atom. The monoisotopic (exact) mass is 349 g/mol. The highest BCUT2D eigenvalue weighted by Gasteiger charge is 2.13. The Kier molecular flexibility index (Phi) is 5.37. The first kappa shape index (κ1) is 17.7. The van der Waals surface area contributed by atoms with Gasteiger partial charge in [-0.2, -0.15) is 12.7 Å². The lowest BCUT2D eigenvalue weighted by Crippen LogP contribution is -2.29. The molecule has 0 atom stereocenters. The molecule has 0 aliphatic rings. The molecular weight excluding hydrogens is 330 g/mol. The van der Waals surface area contributed by atoms with E-state index >= 15 is 0 Å². The van der Waals surface area contributed by atoms with Gasteiger partial charge in [0, 0.05) is 32.4 Å². The Balaban J connectivity index is 2.08. The fourth-order valence-corrected chi connectivity index (χ4v) is 2.36. The van der Waals surface area contributed by atoms with Gasteiger partial charge in [0.2, 0.25) is 5.91 Å². The zero-order valence-electron chi connectivity index (χ0n) is 13.6. The van der Waals surface area contributed by atoms with Gasteiger partial charge in [0.1, 0.15) is 5.82 Å². The number of rotatable bonds is 6. The van der Waals surface area contributed by atoms with Crippen LogP contribution in [0.15, 0.2) is 42.6 Å². The van der Waals surface area contributed by atoms with Crippen LogP contribution in [0.3, 0.4) is 0 Å². The first-order chi connectivity index (χ1) is 11.3. The van der Waals surface area contributed by atoms with Crippen LogP contribution in [0.5, 0.6) is 0 Å². The minimum atomic E-state index is -3.58. The normalized spacial score (nSPS) is 11.2. The third-order valence-corrected chi connectivity index (χ3v) is 4.38. The van der Waals surface area contributed by atoms with E-state index in [2.05, 4.69) is 20.3 Å². The smallest absolute Gasteiger partial charge is 0.302 e. The van der Waals surface area contributed by atoms with E-state index in [4.69, 9.17) is 0 Å². The second-order valence-corrected chi connectivity index (χ2v) is 7.09. The van der Waals surface area contributed by atoms with Crippen molar-refractivity contribution >= 4 is 39.0 Å². The van der Waals surface area contributed by atoms with E-state index in [0.29, 0.717) is 11.4 Å². The van der Waals surface area contributed by atoms with Gasteiger partial charge in [-0.15, -0.1) is 0 Å². The summed E-state index contributed by atoms with van der Waals surface area (Å²) in [5.41, 5.74) is 2.13. The third kappa shape index (κ3) is 4.93. The zero-order chi connectivity index (χ0) is 17.7. The maximum Gasteiger partial charge on any atom is 0.302 e. The van der Waals surface area contributed by atoms with Crippen LogP contribution in [0.25, 0.3) is 0 Å². The Hall–Kier alpha value is -2.65. The molecule has 3 N–H and O–H groups in total. The van der Waals surface area contributed by atoms with Gasteiger partial charge < -0.3 is 10.6 Å². The van der Waals surface area contributed by atoms with Gasteiger partial charge in [0.05, 0.1) is 11.9 Å². The summed E-state index contributed by atoms with van der Waals surface area (Å²) in [4.78, 5) is 15.1. The molecule has 128 valence electrons. The molecule has 1 aromatic carbocycles. The maximum atomic E-state index is 11.7. The molecule has 0 bridgehead atoms. The number of carbonyl (C=O) groups excluding carboxylic acids is 1. The van der Waals surface area contributed by atoms with Crippen molar-refractivity contribution in [3.05, 3.63) is 42.6 Å². The van der Waals surface area contributed by atoms with E-state index in [1.165, 1.54) is 27.2 Å². The molecule has 1 heterocycles. The van der Waals surface area contributed by atoms with Gasteiger partial charge in [0.15, 0.2) is 0 Å². The number of amides is 1. The quantitative estimate of drug-likeness (QED) is 0.740. The summed E-state index contributed by atoms with van der Waals surface area (Å²) >= 11 is 0. The van der Waals surface area contributed by atoms with Crippen molar-refractivity contribution in [3.63, 3.8) is 0 Å². The lowest BCUT2D eigenvalue weighted by atomic mass is 10.2. The molecule has 0 fully saturated rings. The topological polar surface area (TPSA) is 103 Å². The van der Waals surface area contributed by atoms with E-state index in [9.17, 15) is 13.2 Å². The van der Waals surface area contributed by atoms with Crippen molar-refractivity contribution in [3.8, 4) is 0 Å². The van der Waals surface area contributed by atoms with Gasteiger partial charge in [-0.1, -0.05) is 6.07 Å². The Morgan fingerprint density at radius 2 is 1.79 bits per heavy atom. The average Bonchev–Trinajstić information content (AvgIpc) is 2.48. The van der Waals surface area contributed by atoms with Crippen LogP contribution in [0.2, 0.25) is 0 Å². The molecule has 1 amide bonds. The molecule has 24 heavy (non-hydrogen) atoms. The number of nitrogens with one attached hydrogen (secondary N) is 3. The number of carbonyl (C=O) groups is 1. The maximum absolute atomic E-state index is 11.7. The van der Waals surface area contributed by atoms with Crippen LogP contribution in [-0.2, 0) is 15.0 Å². The van der Waals surface area contributed by atoms with Gasteiger partial charge in [-0.3, -0.25) is 9.52 Å². The number of benzene rings is 1. The molecule has 8 nitrogen and oxygen atoms in total. The SMILES string of the molecule is CC(=O)Nc1cccc(Nc2ccc(NS(=O)(=O)N(C)C)nc2)c1. The molecule has 0 aliphatic heterocycles. The number of pyridine rings is 1. The molecule has 0 aliphatic carbocycles. The summed E-state index contributed by atoms with van der Waals surface area (Å²) in [6.07, 6.45) is 1.51. The molecular formula is C15H19N5O3S. The van der Waals surface area contributed by atoms with Crippen molar-refractivity contribution in [2.45, 2.75) is 6.92 Å². The number of anilines is 4. The number of aromatic nitrogens is 1. The second-order valence-electron chi connectivity index (χ2n) is 5.21. The lowest BCUT2D eigenvalue weighted by molar-refractivity contribution is -0.114. The molecule has 0 spiro atoms. The molecule has 0 radical (unpaired) electrons. The second kappa shape index (κ2) is 7.28. The summed E-state index contributed by atoms with van der Waals surface area (Å²) in [6.45, 7) is 1.44. The fraction of sp³-hybridized carbons (Fsp3) is 0.200. The summed E-state index contributed by atoms with van der Waals surface area (Å²) in [5, 5.41) is 5.83. The lowest BCUT2D eigenvalue weighted by Gasteiger charge is -2.13. The van der Waals surface area contributed by atoms with Crippen molar-refractivity contribution in [2.75, 3.05) is 29.5 Å². The van der Waals surface area contributed by atoms with Crippen molar-refractivity contribution in [2.24, 2.45) is 0 Å². The Morgan fingerprint density at radius 1 is 1.08 bits per heavy atom. The summed E-state index contributed by atoms with van der Waals surface area (Å²) in [6, 6.07) is 10.5. The number of hydrogen-bond donors (Lipinski definition) is 3. The van der Waals surface area contributed by atoms with E-state index in [1.807, 2.05) is 6.07 Å². The average molecular weight is 349 g/mol. The summed E-state index contributed by atoms with van der Waals surface area (Å²) in [5.74, 6) is 0.0765. The Labute approximate surface area is 141 Å². The molecule has 2 rings (SSSR count). The zero-order valence-corrected chi connectivity index (χ0v) is 14.4. The molecule has 0 unspecified atom stereocenters.